The Hall–Kier alpha value is -2.58. The zero-order valence-corrected chi connectivity index (χ0v) is 38.3. The number of hydrogen-bond donors (Lipinski definition) is 2. The van der Waals surface area contributed by atoms with Crippen molar-refractivity contribution in [2.24, 2.45) is 5.73 Å². The van der Waals surface area contributed by atoms with Crippen LogP contribution in [0.4, 0.5) is 0 Å². The van der Waals surface area contributed by atoms with Crippen LogP contribution in [0.15, 0.2) is 97.2 Å². The Labute approximate surface area is 361 Å². The summed E-state index contributed by atoms with van der Waals surface area (Å²) in [5.74, 6) is -0.355. The maximum absolute atomic E-state index is 12.6. The average Bonchev–Trinajstić information content (AvgIpc) is 3.23. The van der Waals surface area contributed by atoms with Crippen molar-refractivity contribution in [2.75, 3.05) is 33.0 Å². The molecule has 59 heavy (non-hydrogen) atoms. The molecule has 0 rings (SSSR count). The lowest BCUT2D eigenvalue weighted by atomic mass is 10.1. The van der Waals surface area contributed by atoms with Gasteiger partial charge >= 0.3 is 13.8 Å². The summed E-state index contributed by atoms with van der Waals surface area (Å²) in [6.07, 6.45) is 61.4. The summed E-state index contributed by atoms with van der Waals surface area (Å²) in [4.78, 5) is 22.5. The van der Waals surface area contributed by atoms with Crippen molar-refractivity contribution in [2.45, 2.75) is 180 Å². The molecule has 0 spiro atoms. The zero-order chi connectivity index (χ0) is 43.0. The number of allylic oxidation sites excluding steroid dienone is 16. The molecule has 0 fully saturated rings. The Morgan fingerprint density at radius 2 is 0.949 bits per heavy atom. The molecule has 338 valence electrons. The van der Waals surface area contributed by atoms with Crippen molar-refractivity contribution in [1.82, 2.24) is 0 Å². The summed E-state index contributed by atoms with van der Waals surface area (Å²) >= 11 is 0. The van der Waals surface area contributed by atoms with E-state index in [0.717, 1.165) is 109 Å². The highest BCUT2D eigenvalue weighted by molar-refractivity contribution is 7.47. The quantitative estimate of drug-likeness (QED) is 0.0270. The first-order chi connectivity index (χ1) is 28.9. The minimum atomic E-state index is -4.30. The van der Waals surface area contributed by atoms with E-state index in [1.54, 1.807) is 0 Å². The number of rotatable bonds is 43. The summed E-state index contributed by atoms with van der Waals surface area (Å²) in [7, 11) is -4.30. The van der Waals surface area contributed by atoms with Crippen LogP contribution >= 0.6 is 7.82 Å². The highest BCUT2D eigenvalue weighted by Crippen LogP contribution is 2.43. The molecule has 0 amide bonds. The van der Waals surface area contributed by atoms with Gasteiger partial charge < -0.3 is 20.1 Å². The second-order valence-corrected chi connectivity index (χ2v) is 16.3. The number of nitrogens with two attached hydrogens (primary N) is 1. The van der Waals surface area contributed by atoms with E-state index in [4.69, 9.17) is 24.3 Å². The van der Waals surface area contributed by atoms with Gasteiger partial charge in [0.05, 0.1) is 19.8 Å². The van der Waals surface area contributed by atoms with Crippen LogP contribution in [0.5, 0.6) is 0 Å². The SMILES string of the molecule is CC/C=C\C/C=C\C/C=C\C/C=C\C/C=C\C/C=C\CCCCCCCOCC(COP(=O)(O)OCCN)OC(=O)CCCCCCC/C=C\C/C=C\CCCCCC. The molecule has 9 heteroatoms. The number of carbonyl (C=O) groups excluding carboxylic acids is 1. The Bertz CT molecular complexity index is 1220. The smallest absolute Gasteiger partial charge is 0.457 e. The fourth-order valence-corrected chi connectivity index (χ4v) is 6.62. The van der Waals surface area contributed by atoms with E-state index in [1.807, 2.05) is 0 Å². The van der Waals surface area contributed by atoms with E-state index in [0.29, 0.717) is 13.0 Å². The number of phosphoric acid groups is 1. The van der Waals surface area contributed by atoms with Gasteiger partial charge in [0, 0.05) is 19.6 Å². The molecule has 0 aromatic heterocycles. The van der Waals surface area contributed by atoms with Crippen molar-refractivity contribution in [3.8, 4) is 0 Å². The Balaban J connectivity index is 4.09. The second kappa shape index (κ2) is 46.5. The van der Waals surface area contributed by atoms with Crippen molar-refractivity contribution < 1.29 is 32.8 Å². The Morgan fingerprint density at radius 3 is 1.42 bits per heavy atom. The van der Waals surface area contributed by atoms with Crippen LogP contribution in [-0.4, -0.2) is 49.9 Å². The number of ether oxygens (including phenoxy) is 2. The molecule has 8 nitrogen and oxygen atoms in total. The van der Waals surface area contributed by atoms with Gasteiger partial charge in [-0.05, 0) is 96.3 Å². The largest absolute Gasteiger partial charge is 0.472 e. The van der Waals surface area contributed by atoms with E-state index in [9.17, 15) is 14.3 Å². The summed E-state index contributed by atoms with van der Waals surface area (Å²) in [5, 5.41) is 0. The molecule has 0 aliphatic heterocycles. The van der Waals surface area contributed by atoms with Crippen LogP contribution < -0.4 is 5.73 Å². The minimum Gasteiger partial charge on any atom is -0.457 e. The third-order valence-corrected chi connectivity index (χ3v) is 10.2. The van der Waals surface area contributed by atoms with Crippen LogP contribution in [0.1, 0.15) is 174 Å². The maximum atomic E-state index is 12.6. The Kier molecular flexibility index (Phi) is 44.5. The fraction of sp³-hybridized carbons (Fsp3) is 0.660. The van der Waals surface area contributed by atoms with Gasteiger partial charge in [-0.25, -0.2) is 4.57 Å². The number of unbranched alkanes of at least 4 members (excludes halogenated alkanes) is 14. The van der Waals surface area contributed by atoms with Gasteiger partial charge in [0.2, 0.25) is 0 Å². The summed E-state index contributed by atoms with van der Waals surface area (Å²) in [6.45, 7) is 4.70. The van der Waals surface area contributed by atoms with Gasteiger partial charge in [-0.15, -0.1) is 0 Å². The molecule has 0 aromatic rings. The molecule has 0 saturated heterocycles. The van der Waals surface area contributed by atoms with Crippen LogP contribution in [0.25, 0.3) is 0 Å². The standard InChI is InChI=1S/C50H86NO7P/c1-3-5-7-9-11-13-15-17-19-21-22-23-24-25-26-27-28-30-32-34-36-38-40-42-45-55-47-49(48-57-59(53,54)56-46-44-51)58-50(52)43-41-39-37-35-33-31-29-20-18-16-14-12-10-8-6-4-2/h5,7,11,13-14,16-17,19-20,22-23,25-26,28-30,49H,3-4,6,8-10,12,15,18,21,24,27,31-48,51H2,1-2H3,(H,53,54)/b7-5-,13-11-,16-14-,19-17-,23-22-,26-25-,29-20-,30-28-. The van der Waals surface area contributed by atoms with Crippen molar-refractivity contribution in [3.63, 3.8) is 0 Å². The zero-order valence-electron chi connectivity index (χ0n) is 37.4. The van der Waals surface area contributed by atoms with Crippen LogP contribution in [-0.2, 0) is 27.9 Å². The fourth-order valence-electron chi connectivity index (χ4n) is 5.85. The monoisotopic (exact) mass is 844 g/mol. The first-order valence-corrected chi connectivity index (χ1v) is 24.7. The van der Waals surface area contributed by atoms with Crippen LogP contribution in [0.3, 0.4) is 0 Å². The van der Waals surface area contributed by atoms with E-state index in [1.165, 1.54) is 44.9 Å². The third kappa shape index (κ3) is 46.3. The number of esters is 1. The normalized spacial score (nSPS) is 14.3. The summed E-state index contributed by atoms with van der Waals surface area (Å²) < 4.78 is 33.5. The molecule has 2 atom stereocenters. The molecule has 0 bridgehead atoms. The lowest BCUT2D eigenvalue weighted by molar-refractivity contribution is -0.154. The van der Waals surface area contributed by atoms with E-state index in [2.05, 4.69) is 111 Å². The van der Waals surface area contributed by atoms with E-state index in [-0.39, 0.29) is 32.3 Å². The van der Waals surface area contributed by atoms with Crippen molar-refractivity contribution >= 4 is 13.8 Å². The molecule has 3 N–H and O–H groups in total. The Morgan fingerprint density at radius 1 is 0.525 bits per heavy atom. The topological polar surface area (TPSA) is 117 Å². The highest BCUT2D eigenvalue weighted by atomic mass is 31.2. The van der Waals surface area contributed by atoms with Gasteiger partial charge in [-0.2, -0.15) is 0 Å². The molecule has 2 unspecified atom stereocenters. The molecule has 0 heterocycles. The van der Waals surface area contributed by atoms with E-state index < -0.39 is 13.9 Å². The van der Waals surface area contributed by atoms with Crippen LogP contribution in [0.2, 0.25) is 0 Å². The number of carbonyl (C=O) groups is 1. The lowest BCUT2D eigenvalue weighted by Gasteiger charge is -2.20. The predicted octanol–water partition coefficient (Wildman–Crippen LogP) is 14.2. The molecule has 0 aromatic carbocycles. The molecule has 0 aliphatic rings. The molecule has 0 aliphatic carbocycles. The third-order valence-electron chi connectivity index (χ3n) is 9.24. The van der Waals surface area contributed by atoms with Gasteiger partial charge in [-0.1, -0.05) is 169 Å². The summed E-state index contributed by atoms with van der Waals surface area (Å²) in [5.41, 5.74) is 5.37. The lowest BCUT2D eigenvalue weighted by Crippen LogP contribution is -2.28. The van der Waals surface area contributed by atoms with Gasteiger partial charge in [-0.3, -0.25) is 13.8 Å². The molecular formula is C50H86NO7P. The average molecular weight is 844 g/mol. The first kappa shape index (κ1) is 56.4. The molecular weight excluding hydrogens is 758 g/mol. The second-order valence-electron chi connectivity index (χ2n) is 14.9. The maximum Gasteiger partial charge on any atom is 0.472 e. The highest BCUT2D eigenvalue weighted by Gasteiger charge is 2.25. The summed E-state index contributed by atoms with van der Waals surface area (Å²) in [6, 6.07) is 0. The van der Waals surface area contributed by atoms with Crippen LogP contribution in [0, 0.1) is 0 Å². The minimum absolute atomic E-state index is 0.0888. The number of hydrogen-bond acceptors (Lipinski definition) is 7. The van der Waals surface area contributed by atoms with Gasteiger partial charge in [0.25, 0.3) is 0 Å². The molecule has 0 saturated carbocycles. The van der Waals surface area contributed by atoms with Crippen molar-refractivity contribution in [1.29, 1.82) is 0 Å². The number of phosphoric ester groups is 1. The van der Waals surface area contributed by atoms with Crippen molar-refractivity contribution in [3.05, 3.63) is 97.2 Å². The predicted molar refractivity (Wildman–Crippen MR) is 251 cm³/mol. The first-order valence-electron chi connectivity index (χ1n) is 23.2. The van der Waals surface area contributed by atoms with Gasteiger partial charge in [0.15, 0.2) is 0 Å². The molecule has 0 radical (unpaired) electrons. The van der Waals surface area contributed by atoms with Gasteiger partial charge in [0.1, 0.15) is 6.10 Å². The van der Waals surface area contributed by atoms with E-state index >= 15 is 0 Å².